The first-order chi connectivity index (χ1) is 9.20. The predicted molar refractivity (Wildman–Crippen MR) is 79.5 cm³/mol. The Balaban J connectivity index is 2.09. The van der Waals surface area contributed by atoms with Gasteiger partial charge in [0.15, 0.2) is 17.3 Å². The molecule has 19 heavy (non-hydrogen) atoms. The minimum Gasteiger partial charge on any atom is -0.349 e. The first-order valence-corrected chi connectivity index (χ1v) is 7.44. The van der Waals surface area contributed by atoms with Crippen molar-refractivity contribution in [3.63, 3.8) is 0 Å². The van der Waals surface area contributed by atoms with E-state index in [4.69, 9.17) is 5.84 Å². The standard InChI is InChI=1S/C12H18N6S/c1-8-9(2)19-6-5-18(8)12-11-14-3-4-17(11)7-10(15-12)16-13/h3-4,7-9,16H,5-6,13H2,1-2H3. The Bertz CT molecular complexity index is 583. The predicted octanol–water partition coefficient (Wildman–Crippen LogP) is 1.35. The highest BCUT2D eigenvalue weighted by Crippen LogP contribution is 2.30. The monoisotopic (exact) mass is 278 g/mol. The van der Waals surface area contributed by atoms with E-state index >= 15 is 0 Å². The van der Waals surface area contributed by atoms with E-state index < -0.39 is 0 Å². The minimum absolute atomic E-state index is 0.430. The summed E-state index contributed by atoms with van der Waals surface area (Å²) >= 11 is 2.01. The summed E-state index contributed by atoms with van der Waals surface area (Å²) in [5.41, 5.74) is 3.50. The Hall–Kier alpha value is -1.47. The van der Waals surface area contributed by atoms with E-state index in [0.29, 0.717) is 17.1 Å². The highest BCUT2D eigenvalue weighted by molar-refractivity contribution is 8.00. The van der Waals surface area contributed by atoms with Crippen LogP contribution in [0.25, 0.3) is 5.65 Å². The summed E-state index contributed by atoms with van der Waals surface area (Å²) in [7, 11) is 0. The molecule has 3 heterocycles. The number of hydrogen-bond acceptors (Lipinski definition) is 6. The van der Waals surface area contributed by atoms with E-state index in [1.54, 1.807) is 6.20 Å². The van der Waals surface area contributed by atoms with Crippen LogP contribution < -0.4 is 16.2 Å². The zero-order valence-corrected chi connectivity index (χ0v) is 11.9. The molecule has 0 radical (unpaired) electrons. The highest BCUT2D eigenvalue weighted by Gasteiger charge is 2.28. The van der Waals surface area contributed by atoms with E-state index in [2.05, 4.69) is 34.1 Å². The maximum Gasteiger partial charge on any atom is 0.180 e. The normalized spacial score (nSPS) is 23.8. The van der Waals surface area contributed by atoms with Gasteiger partial charge in [-0.2, -0.15) is 11.8 Å². The van der Waals surface area contributed by atoms with Crippen molar-refractivity contribution in [2.75, 3.05) is 22.6 Å². The van der Waals surface area contributed by atoms with Crippen molar-refractivity contribution < 1.29 is 0 Å². The summed E-state index contributed by atoms with van der Waals surface area (Å²) in [6.45, 7) is 5.48. The second-order valence-corrected chi connectivity index (χ2v) is 6.25. The lowest BCUT2D eigenvalue weighted by Crippen LogP contribution is -2.45. The molecule has 1 aliphatic heterocycles. The average molecular weight is 278 g/mol. The molecular formula is C12H18N6S. The number of fused-ring (bicyclic) bond motifs is 1. The molecule has 7 heteroatoms. The van der Waals surface area contributed by atoms with Gasteiger partial charge >= 0.3 is 0 Å². The molecule has 0 aliphatic carbocycles. The molecule has 1 fully saturated rings. The molecule has 2 aromatic heterocycles. The highest BCUT2D eigenvalue weighted by atomic mass is 32.2. The number of rotatable bonds is 2. The largest absolute Gasteiger partial charge is 0.349 e. The van der Waals surface area contributed by atoms with Crippen LogP contribution in [-0.2, 0) is 0 Å². The maximum absolute atomic E-state index is 5.50. The fourth-order valence-corrected chi connectivity index (χ4v) is 3.51. The zero-order valence-electron chi connectivity index (χ0n) is 11.1. The molecule has 0 aromatic carbocycles. The van der Waals surface area contributed by atoms with E-state index in [0.717, 1.165) is 23.8 Å². The van der Waals surface area contributed by atoms with Crippen LogP contribution in [0, 0.1) is 0 Å². The van der Waals surface area contributed by atoms with Gasteiger partial charge in [0.2, 0.25) is 0 Å². The van der Waals surface area contributed by atoms with Crippen LogP contribution in [0.4, 0.5) is 11.6 Å². The van der Waals surface area contributed by atoms with Crippen molar-refractivity contribution in [3.05, 3.63) is 18.6 Å². The Morgan fingerprint density at radius 3 is 3.11 bits per heavy atom. The molecule has 2 unspecified atom stereocenters. The third kappa shape index (κ3) is 2.12. The van der Waals surface area contributed by atoms with Crippen LogP contribution in [0.15, 0.2) is 18.6 Å². The summed E-state index contributed by atoms with van der Waals surface area (Å²) in [6.07, 6.45) is 5.54. The molecule has 0 bridgehead atoms. The topological polar surface area (TPSA) is 71.5 Å². The minimum atomic E-state index is 0.430. The van der Waals surface area contributed by atoms with Crippen molar-refractivity contribution in [2.45, 2.75) is 25.1 Å². The summed E-state index contributed by atoms with van der Waals surface area (Å²) in [5.74, 6) is 8.17. The Kier molecular flexibility index (Phi) is 3.24. The summed E-state index contributed by atoms with van der Waals surface area (Å²) in [5, 5.41) is 0.583. The number of nitrogens with zero attached hydrogens (tertiary/aromatic N) is 4. The van der Waals surface area contributed by atoms with Crippen LogP contribution >= 0.6 is 11.8 Å². The van der Waals surface area contributed by atoms with E-state index in [9.17, 15) is 0 Å². The number of thioether (sulfide) groups is 1. The fraction of sp³-hybridized carbons (Fsp3) is 0.500. The van der Waals surface area contributed by atoms with Gasteiger partial charge in [-0.15, -0.1) is 0 Å². The molecule has 0 amide bonds. The molecule has 3 N–H and O–H groups in total. The van der Waals surface area contributed by atoms with Crippen molar-refractivity contribution in [1.82, 2.24) is 14.4 Å². The molecule has 1 saturated heterocycles. The lowest BCUT2D eigenvalue weighted by atomic mass is 10.2. The first-order valence-electron chi connectivity index (χ1n) is 6.39. The summed E-state index contributed by atoms with van der Waals surface area (Å²) in [4.78, 5) is 11.3. The molecule has 6 nitrogen and oxygen atoms in total. The summed E-state index contributed by atoms with van der Waals surface area (Å²) < 4.78 is 1.96. The molecule has 2 atom stereocenters. The quantitative estimate of drug-likeness (QED) is 0.638. The van der Waals surface area contributed by atoms with Crippen LogP contribution in [0.2, 0.25) is 0 Å². The Labute approximate surface area is 116 Å². The second-order valence-electron chi connectivity index (χ2n) is 4.76. The lowest BCUT2D eigenvalue weighted by Gasteiger charge is -2.38. The molecule has 0 spiro atoms. The van der Waals surface area contributed by atoms with Crippen LogP contribution in [0.1, 0.15) is 13.8 Å². The third-order valence-electron chi connectivity index (χ3n) is 3.66. The Morgan fingerprint density at radius 1 is 1.47 bits per heavy atom. The van der Waals surface area contributed by atoms with Crippen molar-refractivity contribution in [1.29, 1.82) is 0 Å². The van der Waals surface area contributed by atoms with E-state index in [1.165, 1.54) is 0 Å². The number of hydrogen-bond donors (Lipinski definition) is 2. The number of hydrazine groups is 1. The average Bonchev–Trinajstić information content (AvgIpc) is 2.89. The fourth-order valence-electron chi connectivity index (χ4n) is 2.41. The molecule has 0 saturated carbocycles. The van der Waals surface area contributed by atoms with Gasteiger partial charge in [0, 0.05) is 36.0 Å². The maximum atomic E-state index is 5.50. The van der Waals surface area contributed by atoms with Crippen molar-refractivity contribution >= 4 is 29.0 Å². The molecular weight excluding hydrogens is 260 g/mol. The number of nitrogens with two attached hydrogens (primary N) is 1. The van der Waals surface area contributed by atoms with Gasteiger partial charge in [0.05, 0.1) is 6.20 Å². The number of imidazole rings is 1. The van der Waals surface area contributed by atoms with Gasteiger partial charge in [-0.25, -0.2) is 15.8 Å². The van der Waals surface area contributed by atoms with Crippen molar-refractivity contribution in [3.8, 4) is 0 Å². The molecule has 1 aliphatic rings. The number of nitrogens with one attached hydrogen (secondary N) is 1. The van der Waals surface area contributed by atoms with Gasteiger partial charge in [-0.05, 0) is 6.92 Å². The second kappa shape index (κ2) is 4.90. The number of nitrogen functional groups attached to an aromatic ring is 1. The first kappa shape index (κ1) is 12.6. The van der Waals surface area contributed by atoms with E-state index in [-0.39, 0.29) is 0 Å². The molecule has 3 rings (SSSR count). The van der Waals surface area contributed by atoms with Gasteiger partial charge in [-0.3, -0.25) is 0 Å². The number of anilines is 2. The van der Waals surface area contributed by atoms with Crippen molar-refractivity contribution in [2.24, 2.45) is 5.84 Å². The van der Waals surface area contributed by atoms with Gasteiger partial charge in [0.25, 0.3) is 0 Å². The van der Waals surface area contributed by atoms with Crippen LogP contribution in [0.5, 0.6) is 0 Å². The lowest BCUT2D eigenvalue weighted by molar-refractivity contribution is 0.621. The SMILES string of the molecule is CC1SCCN(c2nc(NN)cn3ccnc23)C1C. The van der Waals surface area contributed by atoms with Crippen LogP contribution in [0.3, 0.4) is 0 Å². The Morgan fingerprint density at radius 2 is 2.32 bits per heavy atom. The van der Waals surface area contributed by atoms with Gasteiger partial charge < -0.3 is 14.7 Å². The van der Waals surface area contributed by atoms with Gasteiger partial charge in [-0.1, -0.05) is 6.92 Å². The molecule has 2 aromatic rings. The van der Waals surface area contributed by atoms with Gasteiger partial charge in [0.1, 0.15) is 0 Å². The smallest absolute Gasteiger partial charge is 0.180 e. The van der Waals surface area contributed by atoms with E-state index in [1.807, 2.05) is 28.6 Å². The zero-order chi connectivity index (χ0) is 13.4. The number of aromatic nitrogens is 3. The summed E-state index contributed by atoms with van der Waals surface area (Å²) in [6, 6.07) is 0.430. The third-order valence-corrected chi connectivity index (χ3v) is 5.00. The molecule has 102 valence electrons. The van der Waals surface area contributed by atoms with Crippen LogP contribution in [-0.4, -0.2) is 38.0 Å².